The van der Waals surface area contributed by atoms with Gasteiger partial charge in [0.25, 0.3) is 0 Å². The highest BCUT2D eigenvalue weighted by Gasteiger charge is 2.30. The van der Waals surface area contributed by atoms with Crippen molar-refractivity contribution in [3.63, 3.8) is 0 Å². The lowest BCUT2D eigenvalue weighted by Gasteiger charge is -2.37. The standard InChI is InChI=1S/C16H23NO3/c1-12-3-5-13(6-4-12)9-14-10-17(11-16(18)19)8-7-15(14)20-2/h3-6,14-15H,7-11H2,1-2H3,(H,18,19)/t14-,15-/m1/s1. The molecule has 1 N–H and O–H groups in total. The predicted molar refractivity (Wildman–Crippen MR) is 77.9 cm³/mol. The van der Waals surface area contributed by atoms with E-state index in [0.29, 0.717) is 5.92 Å². The molecule has 20 heavy (non-hydrogen) atoms. The smallest absolute Gasteiger partial charge is 0.317 e. The summed E-state index contributed by atoms with van der Waals surface area (Å²) in [6, 6.07) is 8.54. The Morgan fingerprint density at radius 3 is 2.70 bits per heavy atom. The summed E-state index contributed by atoms with van der Waals surface area (Å²) in [5, 5.41) is 8.92. The quantitative estimate of drug-likeness (QED) is 0.894. The zero-order valence-corrected chi connectivity index (χ0v) is 12.2. The van der Waals surface area contributed by atoms with Crippen LogP contribution in [0.5, 0.6) is 0 Å². The van der Waals surface area contributed by atoms with Crippen LogP contribution in [-0.2, 0) is 16.0 Å². The van der Waals surface area contributed by atoms with Crippen molar-refractivity contribution in [3.05, 3.63) is 35.4 Å². The number of hydrogen-bond acceptors (Lipinski definition) is 3. The van der Waals surface area contributed by atoms with E-state index in [1.165, 1.54) is 11.1 Å². The lowest BCUT2D eigenvalue weighted by molar-refractivity contribution is -0.139. The van der Waals surface area contributed by atoms with Crippen LogP contribution in [0, 0.1) is 12.8 Å². The molecule has 0 aromatic heterocycles. The van der Waals surface area contributed by atoms with Crippen LogP contribution in [0.15, 0.2) is 24.3 Å². The summed E-state index contributed by atoms with van der Waals surface area (Å²) < 4.78 is 5.58. The third-order valence-electron chi connectivity index (χ3n) is 4.03. The molecule has 0 saturated carbocycles. The Morgan fingerprint density at radius 1 is 1.40 bits per heavy atom. The van der Waals surface area contributed by atoms with Gasteiger partial charge in [-0.3, -0.25) is 9.69 Å². The van der Waals surface area contributed by atoms with Gasteiger partial charge in [0.15, 0.2) is 0 Å². The van der Waals surface area contributed by atoms with Crippen molar-refractivity contribution in [2.75, 3.05) is 26.7 Å². The molecule has 0 aliphatic carbocycles. The Hall–Kier alpha value is -1.39. The van der Waals surface area contributed by atoms with E-state index in [-0.39, 0.29) is 12.6 Å². The van der Waals surface area contributed by atoms with Crippen LogP contribution in [0.3, 0.4) is 0 Å². The lowest BCUT2D eigenvalue weighted by Crippen LogP contribution is -2.46. The molecule has 1 aliphatic heterocycles. The first-order valence-corrected chi connectivity index (χ1v) is 7.11. The Balaban J connectivity index is 2.01. The number of aryl methyl sites for hydroxylation is 1. The minimum absolute atomic E-state index is 0.126. The predicted octanol–water partition coefficient (Wildman–Crippen LogP) is 1.96. The summed E-state index contributed by atoms with van der Waals surface area (Å²) in [6.45, 7) is 3.80. The summed E-state index contributed by atoms with van der Waals surface area (Å²) in [4.78, 5) is 12.9. The van der Waals surface area contributed by atoms with E-state index in [4.69, 9.17) is 9.84 Å². The van der Waals surface area contributed by atoms with Crippen molar-refractivity contribution in [2.24, 2.45) is 5.92 Å². The van der Waals surface area contributed by atoms with Gasteiger partial charge in [-0.25, -0.2) is 0 Å². The Morgan fingerprint density at radius 2 is 2.10 bits per heavy atom. The minimum Gasteiger partial charge on any atom is -0.480 e. The van der Waals surface area contributed by atoms with Gasteiger partial charge in [0.2, 0.25) is 0 Å². The van der Waals surface area contributed by atoms with Gasteiger partial charge >= 0.3 is 5.97 Å². The van der Waals surface area contributed by atoms with Crippen LogP contribution >= 0.6 is 0 Å². The number of benzene rings is 1. The second-order valence-corrected chi connectivity index (χ2v) is 5.64. The number of hydrogen-bond donors (Lipinski definition) is 1. The third kappa shape index (κ3) is 4.05. The molecule has 2 rings (SSSR count). The fraction of sp³-hybridized carbons (Fsp3) is 0.562. The fourth-order valence-electron chi connectivity index (χ4n) is 2.95. The van der Waals surface area contributed by atoms with Gasteiger partial charge in [0.05, 0.1) is 12.6 Å². The van der Waals surface area contributed by atoms with Crippen molar-refractivity contribution in [1.82, 2.24) is 4.90 Å². The second kappa shape index (κ2) is 6.86. The monoisotopic (exact) mass is 277 g/mol. The first-order chi connectivity index (χ1) is 9.58. The second-order valence-electron chi connectivity index (χ2n) is 5.64. The molecular weight excluding hydrogens is 254 g/mol. The van der Waals surface area contributed by atoms with Gasteiger partial charge in [0.1, 0.15) is 0 Å². The number of likely N-dealkylation sites (tertiary alicyclic amines) is 1. The summed E-state index contributed by atoms with van der Waals surface area (Å²) in [6.07, 6.45) is 2.07. The molecule has 0 radical (unpaired) electrons. The van der Waals surface area contributed by atoms with Crippen LogP contribution in [0.25, 0.3) is 0 Å². The molecule has 1 aromatic rings. The van der Waals surface area contributed by atoms with Crippen molar-refractivity contribution >= 4 is 5.97 Å². The van der Waals surface area contributed by atoms with E-state index in [2.05, 4.69) is 31.2 Å². The van der Waals surface area contributed by atoms with E-state index < -0.39 is 5.97 Å². The molecule has 0 bridgehead atoms. The van der Waals surface area contributed by atoms with Crippen molar-refractivity contribution in [1.29, 1.82) is 0 Å². The van der Waals surface area contributed by atoms with Crippen molar-refractivity contribution in [2.45, 2.75) is 25.9 Å². The average molecular weight is 277 g/mol. The van der Waals surface area contributed by atoms with Gasteiger partial charge in [-0.1, -0.05) is 29.8 Å². The van der Waals surface area contributed by atoms with E-state index >= 15 is 0 Å². The van der Waals surface area contributed by atoms with Gasteiger partial charge in [-0.05, 0) is 25.3 Å². The number of rotatable bonds is 5. The Labute approximate surface area is 120 Å². The summed E-state index contributed by atoms with van der Waals surface area (Å²) in [5.74, 6) is -0.397. The van der Waals surface area contributed by atoms with Gasteiger partial charge in [-0.15, -0.1) is 0 Å². The van der Waals surface area contributed by atoms with E-state index in [0.717, 1.165) is 25.9 Å². The number of ether oxygens (including phenoxy) is 1. The number of carbonyl (C=O) groups is 1. The van der Waals surface area contributed by atoms with Crippen LogP contribution in [0.1, 0.15) is 17.5 Å². The molecule has 1 aromatic carbocycles. The summed E-state index contributed by atoms with van der Waals surface area (Å²) in [5.41, 5.74) is 2.55. The van der Waals surface area contributed by atoms with Crippen LogP contribution in [0.4, 0.5) is 0 Å². The Kier molecular flexibility index (Phi) is 5.15. The number of piperidine rings is 1. The highest BCUT2D eigenvalue weighted by Crippen LogP contribution is 2.23. The van der Waals surface area contributed by atoms with E-state index in [1.807, 2.05) is 4.90 Å². The number of carboxylic acids is 1. The Bertz CT molecular complexity index is 444. The normalized spacial score (nSPS) is 23.7. The number of aliphatic carboxylic acids is 1. The molecular formula is C16H23NO3. The van der Waals surface area contributed by atoms with Crippen LogP contribution in [0.2, 0.25) is 0 Å². The van der Waals surface area contributed by atoms with Crippen LogP contribution in [-0.4, -0.2) is 48.8 Å². The third-order valence-corrected chi connectivity index (χ3v) is 4.03. The molecule has 0 spiro atoms. The molecule has 4 nitrogen and oxygen atoms in total. The molecule has 0 amide bonds. The molecule has 1 fully saturated rings. The first kappa shape index (κ1) is 15.0. The van der Waals surface area contributed by atoms with Crippen molar-refractivity contribution < 1.29 is 14.6 Å². The highest BCUT2D eigenvalue weighted by atomic mass is 16.5. The molecule has 110 valence electrons. The summed E-state index contributed by atoms with van der Waals surface area (Å²) >= 11 is 0. The number of carboxylic acid groups (broad SMARTS) is 1. The molecule has 2 atom stereocenters. The van der Waals surface area contributed by atoms with Gasteiger partial charge < -0.3 is 9.84 Å². The maximum Gasteiger partial charge on any atom is 0.317 e. The van der Waals surface area contributed by atoms with Crippen LogP contribution < -0.4 is 0 Å². The number of nitrogens with zero attached hydrogens (tertiary/aromatic N) is 1. The topological polar surface area (TPSA) is 49.8 Å². The maximum atomic E-state index is 10.8. The number of methoxy groups -OCH3 is 1. The lowest BCUT2D eigenvalue weighted by atomic mass is 9.88. The van der Waals surface area contributed by atoms with E-state index in [9.17, 15) is 4.79 Å². The van der Waals surface area contributed by atoms with Crippen molar-refractivity contribution in [3.8, 4) is 0 Å². The van der Waals surface area contributed by atoms with E-state index in [1.54, 1.807) is 7.11 Å². The molecule has 1 heterocycles. The maximum absolute atomic E-state index is 10.8. The molecule has 1 aliphatic rings. The first-order valence-electron chi connectivity index (χ1n) is 7.11. The average Bonchev–Trinajstić information content (AvgIpc) is 2.41. The zero-order valence-electron chi connectivity index (χ0n) is 12.2. The molecule has 0 unspecified atom stereocenters. The summed E-state index contributed by atoms with van der Waals surface area (Å²) in [7, 11) is 1.75. The highest BCUT2D eigenvalue weighted by molar-refractivity contribution is 5.69. The SMILES string of the molecule is CO[C@@H]1CCN(CC(=O)O)C[C@H]1Cc1ccc(C)cc1. The fourth-order valence-corrected chi connectivity index (χ4v) is 2.95. The largest absolute Gasteiger partial charge is 0.480 e. The van der Waals surface area contributed by atoms with Gasteiger partial charge in [-0.2, -0.15) is 0 Å². The van der Waals surface area contributed by atoms with Gasteiger partial charge in [0, 0.05) is 26.1 Å². The molecule has 1 saturated heterocycles. The zero-order chi connectivity index (χ0) is 14.5. The minimum atomic E-state index is -0.755. The molecule has 4 heteroatoms.